The highest BCUT2D eigenvalue weighted by Crippen LogP contribution is 2.28. The predicted molar refractivity (Wildman–Crippen MR) is 85.7 cm³/mol. The third kappa shape index (κ3) is 4.42. The molecular weight excluding hydrogens is 308 g/mol. The summed E-state index contributed by atoms with van der Waals surface area (Å²) < 4.78 is 27.4. The van der Waals surface area contributed by atoms with Crippen molar-refractivity contribution in [3.63, 3.8) is 0 Å². The lowest BCUT2D eigenvalue weighted by Crippen LogP contribution is -2.31. The third-order valence-electron chi connectivity index (χ3n) is 4.22. The number of hydrogen-bond acceptors (Lipinski definition) is 3. The van der Waals surface area contributed by atoms with Crippen LogP contribution in [-0.4, -0.2) is 15.0 Å². The molecule has 1 aliphatic rings. The Morgan fingerprint density at radius 2 is 1.95 bits per heavy atom. The highest BCUT2D eigenvalue weighted by atomic mass is 35.5. The molecule has 0 amide bonds. The Kier molecular flexibility index (Phi) is 5.66. The molecule has 0 heterocycles. The van der Waals surface area contributed by atoms with E-state index in [0.717, 1.165) is 24.3 Å². The Bertz CT molecular complexity index is 581. The molecule has 1 saturated carbocycles. The van der Waals surface area contributed by atoms with Crippen molar-refractivity contribution in [3.8, 4) is 0 Å². The average molecular weight is 331 g/mol. The normalized spacial score (nSPS) is 23.2. The SMILES string of the molecule is CC1CCC(CNS(=O)(=O)c2ccc(CN)cc2Cl)CC1. The fourth-order valence-electron chi connectivity index (χ4n) is 2.73. The first-order chi connectivity index (χ1) is 9.92. The van der Waals surface area contributed by atoms with Gasteiger partial charge in [0.2, 0.25) is 10.0 Å². The summed E-state index contributed by atoms with van der Waals surface area (Å²) in [5.74, 6) is 1.19. The van der Waals surface area contributed by atoms with Gasteiger partial charge in [0.25, 0.3) is 0 Å². The van der Waals surface area contributed by atoms with Crippen LogP contribution in [-0.2, 0) is 16.6 Å². The van der Waals surface area contributed by atoms with Crippen molar-refractivity contribution in [2.45, 2.75) is 44.0 Å². The van der Waals surface area contributed by atoms with Crippen molar-refractivity contribution >= 4 is 21.6 Å². The first kappa shape index (κ1) is 16.7. The van der Waals surface area contributed by atoms with Gasteiger partial charge in [0, 0.05) is 13.1 Å². The maximum atomic E-state index is 12.3. The van der Waals surface area contributed by atoms with E-state index < -0.39 is 10.0 Å². The maximum Gasteiger partial charge on any atom is 0.242 e. The van der Waals surface area contributed by atoms with Crippen LogP contribution in [0.4, 0.5) is 0 Å². The number of rotatable bonds is 5. The summed E-state index contributed by atoms with van der Waals surface area (Å²) in [5.41, 5.74) is 6.34. The summed E-state index contributed by atoms with van der Waals surface area (Å²) in [6.45, 7) is 3.08. The molecule has 1 fully saturated rings. The van der Waals surface area contributed by atoms with E-state index in [9.17, 15) is 8.42 Å². The predicted octanol–water partition coefficient (Wildman–Crippen LogP) is 2.90. The largest absolute Gasteiger partial charge is 0.326 e. The van der Waals surface area contributed by atoms with Crippen molar-refractivity contribution in [2.75, 3.05) is 6.54 Å². The minimum Gasteiger partial charge on any atom is -0.326 e. The monoisotopic (exact) mass is 330 g/mol. The third-order valence-corrected chi connectivity index (χ3v) is 6.13. The van der Waals surface area contributed by atoms with Gasteiger partial charge in [0.15, 0.2) is 0 Å². The quantitative estimate of drug-likeness (QED) is 0.872. The van der Waals surface area contributed by atoms with Crippen LogP contribution in [0.2, 0.25) is 5.02 Å². The Labute approximate surface area is 132 Å². The van der Waals surface area contributed by atoms with Crippen LogP contribution < -0.4 is 10.5 Å². The summed E-state index contributed by atoms with van der Waals surface area (Å²) in [7, 11) is -3.55. The van der Waals surface area contributed by atoms with Gasteiger partial charge >= 0.3 is 0 Å². The Hall–Kier alpha value is -0.620. The maximum absolute atomic E-state index is 12.3. The van der Waals surface area contributed by atoms with Crippen LogP contribution in [0.1, 0.15) is 38.2 Å². The summed E-state index contributed by atoms with van der Waals surface area (Å²) in [4.78, 5) is 0.130. The number of sulfonamides is 1. The lowest BCUT2D eigenvalue weighted by atomic mass is 9.83. The first-order valence-electron chi connectivity index (χ1n) is 7.40. The molecule has 1 aliphatic carbocycles. The highest BCUT2D eigenvalue weighted by Gasteiger charge is 2.22. The molecule has 3 N–H and O–H groups in total. The van der Waals surface area contributed by atoms with Gasteiger partial charge in [-0.05, 0) is 42.4 Å². The zero-order valence-corrected chi connectivity index (χ0v) is 13.9. The number of nitrogens with two attached hydrogens (primary N) is 1. The summed E-state index contributed by atoms with van der Waals surface area (Å²) in [6, 6.07) is 4.83. The van der Waals surface area contributed by atoms with Gasteiger partial charge in [-0.25, -0.2) is 13.1 Å². The summed E-state index contributed by atoms with van der Waals surface area (Å²) in [6.07, 6.45) is 4.53. The van der Waals surface area contributed by atoms with Gasteiger partial charge in [0.1, 0.15) is 4.90 Å². The highest BCUT2D eigenvalue weighted by molar-refractivity contribution is 7.89. The smallest absolute Gasteiger partial charge is 0.242 e. The molecule has 0 bridgehead atoms. The van der Waals surface area contributed by atoms with Crippen molar-refractivity contribution in [1.29, 1.82) is 0 Å². The van der Waals surface area contributed by atoms with E-state index in [2.05, 4.69) is 11.6 Å². The van der Waals surface area contributed by atoms with Crippen LogP contribution in [0, 0.1) is 11.8 Å². The second-order valence-corrected chi connectivity index (χ2v) is 8.09. The van der Waals surface area contributed by atoms with Crippen molar-refractivity contribution in [3.05, 3.63) is 28.8 Å². The molecule has 118 valence electrons. The van der Waals surface area contributed by atoms with Crippen LogP contribution in [0.3, 0.4) is 0 Å². The number of benzene rings is 1. The molecule has 0 saturated heterocycles. The van der Waals surface area contributed by atoms with Gasteiger partial charge in [-0.1, -0.05) is 37.4 Å². The second kappa shape index (κ2) is 7.09. The molecule has 1 aromatic carbocycles. The van der Waals surface area contributed by atoms with Gasteiger partial charge in [0.05, 0.1) is 5.02 Å². The molecule has 0 aliphatic heterocycles. The molecule has 2 rings (SSSR count). The van der Waals surface area contributed by atoms with Gasteiger partial charge in [-0.2, -0.15) is 0 Å². The van der Waals surface area contributed by atoms with E-state index in [1.807, 2.05) is 0 Å². The molecule has 0 unspecified atom stereocenters. The van der Waals surface area contributed by atoms with Crippen LogP contribution in [0.25, 0.3) is 0 Å². The molecule has 6 heteroatoms. The lowest BCUT2D eigenvalue weighted by molar-refractivity contribution is 0.290. The van der Waals surface area contributed by atoms with Crippen molar-refractivity contribution in [2.24, 2.45) is 17.6 Å². The van der Waals surface area contributed by atoms with Gasteiger partial charge in [-0.15, -0.1) is 0 Å². The summed E-state index contributed by atoms with van der Waals surface area (Å²) >= 11 is 6.06. The van der Waals surface area contributed by atoms with E-state index in [-0.39, 0.29) is 9.92 Å². The minimum absolute atomic E-state index is 0.130. The van der Waals surface area contributed by atoms with Gasteiger partial charge < -0.3 is 5.73 Å². The number of hydrogen-bond donors (Lipinski definition) is 2. The standard InChI is InChI=1S/C15H23ClN2O2S/c1-11-2-4-12(5-3-11)10-18-21(19,20)15-7-6-13(9-17)8-14(15)16/h6-8,11-12,18H,2-5,9-10,17H2,1H3. The zero-order valence-electron chi connectivity index (χ0n) is 12.3. The van der Waals surface area contributed by atoms with Crippen LogP contribution in [0.15, 0.2) is 23.1 Å². The van der Waals surface area contributed by atoms with Crippen molar-refractivity contribution in [1.82, 2.24) is 4.72 Å². The lowest BCUT2D eigenvalue weighted by Gasteiger charge is -2.26. The second-order valence-electron chi connectivity index (χ2n) is 5.95. The Balaban J connectivity index is 2.01. The molecular formula is C15H23ClN2O2S. The van der Waals surface area contributed by atoms with E-state index in [0.29, 0.717) is 19.0 Å². The molecule has 0 radical (unpaired) electrons. The van der Waals surface area contributed by atoms with Crippen LogP contribution >= 0.6 is 11.6 Å². The van der Waals surface area contributed by atoms with Crippen LogP contribution in [0.5, 0.6) is 0 Å². The molecule has 0 aromatic heterocycles. The minimum atomic E-state index is -3.55. The van der Waals surface area contributed by atoms with E-state index in [1.54, 1.807) is 12.1 Å². The molecule has 4 nitrogen and oxygen atoms in total. The fourth-order valence-corrected chi connectivity index (χ4v) is 4.41. The average Bonchev–Trinajstić information content (AvgIpc) is 2.46. The van der Waals surface area contributed by atoms with E-state index >= 15 is 0 Å². The topological polar surface area (TPSA) is 72.2 Å². The number of nitrogens with one attached hydrogen (secondary N) is 1. The van der Waals surface area contributed by atoms with E-state index in [4.69, 9.17) is 17.3 Å². The fraction of sp³-hybridized carbons (Fsp3) is 0.600. The molecule has 21 heavy (non-hydrogen) atoms. The summed E-state index contributed by atoms with van der Waals surface area (Å²) in [5, 5.41) is 0.225. The van der Waals surface area contributed by atoms with Crippen molar-refractivity contribution < 1.29 is 8.42 Å². The molecule has 0 spiro atoms. The molecule has 0 atom stereocenters. The zero-order chi connectivity index (χ0) is 15.5. The Morgan fingerprint density at radius 3 is 2.52 bits per heavy atom. The Morgan fingerprint density at radius 1 is 1.29 bits per heavy atom. The van der Waals surface area contributed by atoms with Gasteiger partial charge in [-0.3, -0.25) is 0 Å². The first-order valence-corrected chi connectivity index (χ1v) is 9.26. The van der Waals surface area contributed by atoms with E-state index in [1.165, 1.54) is 18.9 Å². The number of halogens is 1. The molecule has 1 aromatic rings.